The summed E-state index contributed by atoms with van der Waals surface area (Å²) in [5.74, 6) is -3.28. The highest BCUT2D eigenvalue weighted by Gasteiger charge is 2.42. The van der Waals surface area contributed by atoms with E-state index < -0.39 is 31.0 Å². The van der Waals surface area contributed by atoms with Crippen molar-refractivity contribution in [1.82, 2.24) is 4.90 Å². The van der Waals surface area contributed by atoms with E-state index in [1.807, 2.05) is 6.92 Å². The summed E-state index contributed by atoms with van der Waals surface area (Å²) in [6.45, 7) is 1.07. The van der Waals surface area contributed by atoms with Gasteiger partial charge >= 0.3 is 18.1 Å². The summed E-state index contributed by atoms with van der Waals surface area (Å²) < 4.78 is 37.4. The minimum Gasteiger partial charge on any atom is -0.481 e. The fraction of sp³-hybridized carbons (Fsp3) is 0.385. The topological polar surface area (TPSA) is 57.6 Å². The van der Waals surface area contributed by atoms with Crippen LogP contribution in [0.15, 0.2) is 24.3 Å². The summed E-state index contributed by atoms with van der Waals surface area (Å²) >= 11 is 0. The smallest absolute Gasteiger partial charge is 0.471 e. The van der Waals surface area contributed by atoms with Gasteiger partial charge in [-0.25, -0.2) is 0 Å². The van der Waals surface area contributed by atoms with Crippen molar-refractivity contribution in [3.8, 4) is 0 Å². The molecule has 0 bridgehead atoms. The lowest BCUT2D eigenvalue weighted by Gasteiger charge is -2.23. The Labute approximate surface area is 113 Å². The number of carbonyl (C=O) groups is 2. The molecular formula is C13H14F3NO3. The molecule has 110 valence electrons. The van der Waals surface area contributed by atoms with E-state index in [1.54, 1.807) is 24.3 Å². The fourth-order valence-electron chi connectivity index (χ4n) is 1.58. The maximum absolute atomic E-state index is 12.5. The number of rotatable bonds is 5. The van der Waals surface area contributed by atoms with Crippen LogP contribution in [0.5, 0.6) is 0 Å². The van der Waals surface area contributed by atoms with Gasteiger partial charge in [-0.15, -0.1) is 0 Å². The predicted octanol–water partition coefficient (Wildman–Crippen LogP) is 2.36. The number of carboxylic acid groups (broad SMARTS) is 1. The second-order valence-electron chi connectivity index (χ2n) is 4.35. The third-order valence-corrected chi connectivity index (χ3v) is 2.62. The van der Waals surface area contributed by atoms with E-state index in [0.717, 1.165) is 5.56 Å². The van der Waals surface area contributed by atoms with Crippen molar-refractivity contribution in [2.24, 2.45) is 0 Å². The van der Waals surface area contributed by atoms with Crippen LogP contribution in [0.1, 0.15) is 17.5 Å². The van der Waals surface area contributed by atoms with Gasteiger partial charge in [0.25, 0.3) is 0 Å². The number of alkyl halides is 3. The highest BCUT2D eigenvalue weighted by Crippen LogP contribution is 2.20. The van der Waals surface area contributed by atoms with Crippen molar-refractivity contribution in [2.75, 3.05) is 6.54 Å². The molecule has 1 N–H and O–H groups in total. The molecule has 1 rings (SSSR count). The number of hydrogen-bond acceptors (Lipinski definition) is 2. The minimum atomic E-state index is -5.01. The van der Waals surface area contributed by atoms with Crippen LogP contribution in [0.25, 0.3) is 0 Å². The average Bonchev–Trinajstić information content (AvgIpc) is 2.34. The van der Waals surface area contributed by atoms with Crippen LogP contribution in [0.3, 0.4) is 0 Å². The molecule has 0 unspecified atom stereocenters. The monoisotopic (exact) mass is 289 g/mol. The van der Waals surface area contributed by atoms with Gasteiger partial charge in [0, 0.05) is 13.1 Å². The first kappa shape index (κ1) is 16.0. The number of aliphatic carboxylic acids is 1. The van der Waals surface area contributed by atoms with Crippen LogP contribution < -0.4 is 0 Å². The number of halogens is 3. The number of aryl methyl sites for hydroxylation is 1. The van der Waals surface area contributed by atoms with Crippen LogP contribution in [-0.2, 0) is 16.1 Å². The van der Waals surface area contributed by atoms with Crippen molar-refractivity contribution in [3.63, 3.8) is 0 Å². The summed E-state index contributed by atoms with van der Waals surface area (Å²) in [5, 5.41) is 8.53. The molecule has 1 aromatic carbocycles. The summed E-state index contributed by atoms with van der Waals surface area (Å²) in [4.78, 5) is 22.2. The van der Waals surface area contributed by atoms with E-state index >= 15 is 0 Å². The van der Waals surface area contributed by atoms with Crippen LogP contribution in [0.4, 0.5) is 13.2 Å². The molecule has 1 aromatic rings. The normalized spacial score (nSPS) is 11.2. The summed E-state index contributed by atoms with van der Waals surface area (Å²) in [6, 6.07) is 6.63. The molecule has 0 heterocycles. The van der Waals surface area contributed by atoms with Crippen molar-refractivity contribution in [1.29, 1.82) is 0 Å². The van der Waals surface area contributed by atoms with Crippen LogP contribution in [0.2, 0.25) is 0 Å². The molecule has 0 saturated carbocycles. The van der Waals surface area contributed by atoms with E-state index in [0.29, 0.717) is 10.5 Å². The minimum absolute atomic E-state index is 0.272. The Hall–Kier alpha value is -2.05. The van der Waals surface area contributed by atoms with E-state index in [9.17, 15) is 22.8 Å². The highest BCUT2D eigenvalue weighted by atomic mass is 19.4. The van der Waals surface area contributed by atoms with Gasteiger partial charge in [0.15, 0.2) is 0 Å². The number of hydrogen-bond donors (Lipinski definition) is 1. The molecule has 4 nitrogen and oxygen atoms in total. The third-order valence-electron chi connectivity index (χ3n) is 2.62. The molecule has 0 aliphatic heterocycles. The summed E-state index contributed by atoms with van der Waals surface area (Å²) in [5.41, 5.74) is 1.45. The second-order valence-corrected chi connectivity index (χ2v) is 4.35. The molecule has 1 amide bonds. The van der Waals surface area contributed by atoms with E-state index in [1.165, 1.54) is 0 Å². The van der Waals surface area contributed by atoms with Crippen molar-refractivity contribution in [3.05, 3.63) is 35.4 Å². The maximum Gasteiger partial charge on any atom is 0.471 e. The first-order valence-electron chi connectivity index (χ1n) is 5.83. The zero-order valence-electron chi connectivity index (χ0n) is 10.8. The first-order chi connectivity index (χ1) is 9.20. The van der Waals surface area contributed by atoms with E-state index in [4.69, 9.17) is 5.11 Å². The SMILES string of the molecule is Cc1ccc(CN(CCC(=O)O)C(=O)C(F)(F)F)cc1. The lowest BCUT2D eigenvalue weighted by molar-refractivity contribution is -0.186. The zero-order chi connectivity index (χ0) is 15.3. The molecule has 0 fully saturated rings. The van der Waals surface area contributed by atoms with E-state index in [2.05, 4.69) is 0 Å². The first-order valence-corrected chi connectivity index (χ1v) is 5.83. The second kappa shape index (κ2) is 6.40. The molecule has 0 aliphatic rings. The van der Waals surface area contributed by atoms with Crippen molar-refractivity contribution in [2.45, 2.75) is 26.1 Å². The van der Waals surface area contributed by atoms with Crippen LogP contribution in [0, 0.1) is 6.92 Å². The Morgan fingerprint density at radius 3 is 2.20 bits per heavy atom. The number of carboxylic acids is 1. The highest BCUT2D eigenvalue weighted by molar-refractivity contribution is 5.82. The molecule has 20 heavy (non-hydrogen) atoms. The lowest BCUT2D eigenvalue weighted by atomic mass is 10.1. The standard InChI is InChI=1S/C13H14F3NO3/c1-9-2-4-10(5-3-9)8-17(7-6-11(18)19)12(20)13(14,15)16/h2-5H,6-8H2,1H3,(H,18,19). The van der Waals surface area contributed by atoms with Crippen LogP contribution >= 0.6 is 0 Å². The Balaban J connectivity index is 2.84. The van der Waals surface area contributed by atoms with Crippen LogP contribution in [-0.4, -0.2) is 34.6 Å². The number of amides is 1. The average molecular weight is 289 g/mol. The van der Waals surface area contributed by atoms with Gasteiger partial charge in [0.2, 0.25) is 0 Å². The Kier molecular flexibility index (Phi) is 5.12. The number of benzene rings is 1. The van der Waals surface area contributed by atoms with Crippen molar-refractivity contribution >= 4 is 11.9 Å². The van der Waals surface area contributed by atoms with Crippen molar-refractivity contribution < 1.29 is 27.9 Å². The quantitative estimate of drug-likeness (QED) is 0.905. The van der Waals surface area contributed by atoms with E-state index in [-0.39, 0.29) is 6.54 Å². The molecule has 7 heteroatoms. The fourth-order valence-corrected chi connectivity index (χ4v) is 1.58. The molecule has 0 aromatic heterocycles. The third kappa shape index (κ3) is 4.91. The van der Waals surface area contributed by atoms with Gasteiger partial charge in [-0.05, 0) is 12.5 Å². The van der Waals surface area contributed by atoms with Gasteiger partial charge in [0.1, 0.15) is 0 Å². The lowest BCUT2D eigenvalue weighted by Crippen LogP contribution is -2.41. The maximum atomic E-state index is 12.5. The van der Waals surface area contributed by atoms with Gasteiger partial charge in [0.05, 0.1) is 6.42 Å². The molecule has 0 atom stereocenters. The number of nitrogens with zero attached hydrogens (tertiary/aromatic N) is 1. The molecule has 0 spiro atoms. The Bertz CT molecular complexity index is 483. The predicted molar refractivity (Wildman–Crippen MR) is 64.9 cm³/mol. The summed E-state index contributed by atoms with van der Waals surface area (Å²) in [7, 11) is 0. The van der Waals surface area contributed by atoms with Gasteiger partial charge in [-0.3, -0.25) is 9.59 Å². The molecule has 0 saturated heterocycles. The zero-order valence-corrected chi connectivity index (χ0v) is 10.8. The largest absolute Gasteiger partial charge is 0.481 e. The Morgan fingerprint density at radius 2 is 1.75 bits per heavy atom. The molecule has 0 radical (unpaired) electrons. The molecule has 0 aliphatic carbocycles. The summed E-state index contributed by atoms with van der Waals surface area (Å²) in [6.07, 6.45) is -5.54. The van der Waals surface area contributed by atoms with Gasteiger partial charge in [-0.2, -0.15) is 13.2 Å². The van der Waals surface area contributed by atoms with Gasteiger partial charge in [-0.1, -0.05) is 29.8 Å². The van der Waals surface area contributed by atoms with Gasteiger partial charge < -0.3 is 10.0 Å². The Morgan fingerprint density at radius 1 is 1.20 bits per heavy atom. The molecular weight excluding hydrogens is 275 g/mol. The number of carbonyl (C=O) groups excluding carboxylic acids is 1.